The van der Waals surface area contributed by atoms with E-state index in [9.17, 15) is 19.2 Å². The first kappa shape index (κ1) is 25.2. The van der Waals surface area contributed by atoms with E-state index in [1.165, 1.54) is 25.5 Å². The van der Waals surface area contributed by atoms with E-state index in [1.54, 1.807) is 6.20 Å². The number of aromatic nitrogens is 3. The Morgan fingerprint density at radius 3 is 2.31 bits per heavy atom. The van der Waals surface area contributed by atoms with Crippen molar-refractivity contribution >= 4 is 23.8 Å². The first-order chi connectivity index (χ1) is 15.1. The molecule has 1 amide bonds. The maximum atomic E-state index is 11.9. The average Bonchev–Trinajstić information content (AvgIpc) is 3.15. The van der Waals surface area contributed by atoms with E-state index in [2.05, 4.69) is 15.6 Å². The first-order valence-electron chi connectivity index (χ1n) is 10.0. The Bertz CT molecular complexity index is 827. The molecule has 0 spiro atoms. The van der Waals surface area contributed by atoms with Crippen molar-refractivity contribution in [3.63, 3.8) is 0 Å². The third-order valence-corrected chi connectivity index (χ3v) is 4.50. The molecule has 13 heteroatoms. The van der Waals surface area contributed by atoms with Gasteiger partial charge in [0.05, 0.1) is 11.9 Å². The Balaban J connectivity index is 2.47. The van der Waals surface area contributed by atoms with Crippen LogP contribution in [0.25, 0.3) is 0 Å². The molecule has 2 rings (SSSR count). The summed E-state index contributed by atoms with van der Waals surface area (Å²) < 4.78 is 23.2. The lowest BCUT2D eigenvalue weighted by Gasteiger charge is -2.45. The highest BCUT2D eigenvalue weighted by Gasteiger charge is 2.51. The topological polar surface area (TPSA) is 168 Å². The van der Waals surface area contributed by atoms with Gasteiger partial charge in [-0.25, -0.2) is 4.68 Å². The van der Waals surface area contributed by atoms with Gasteiger partial charge in [0.15, 0.2) is 18.4 Å². The second-order valence-electron chi connectivity index (χ2n) is 7.26. The average molecular weight is 456 g/mol. The van der Waals surface area contributed by atoms with Crippen LogP contribution in [-0.2, 0) is 44.5 Å². The molecule has 1 aromatic heterocycles. The third-order valence-electron chi connectivity index (χ3n) is 4.50. The van der Waals surface area contributed by atoms with E-state index in [1.807, 2.05) is 0 Å². The van der Waals surface area contributed by atoms with Crippen molar-refractivity contribution in [1.82, 2.24) is 20.3 Å². The minimum Gasteiger partial charge on any atom is -0.463 e. The molecule has 178 valence electrons. The predicted octanol–water partition coefficient (Wildman–Crippen LogP) is -0.968. The van der Waals surface area contributed by atoms with E-state index in [0.717, 1.165) is 6.92 Å². The molecule has 32 heavy (non-hydrogen) atoms. The van der Waals surface area contributed by atoms with Gasteiger partial charge in [0.1, 0.15) is 18.8 Å². The Morgan fingerprint density at radius 2 is 1.75 bits per heavy atom. The normalized spacial score (nSPS) is 25.0. The summed E-state index contributed by atoms with van der Waals surface area (Å²) >= 11 is 0. The summed E-state index contributed by atoms with van der Waals surface area (Å²) in [7, 11) is 0. The van der Waals surface area contributed by atoms with E-state index in [0.29, 0.717) is 18.5 Å². The molecule has 1 aliphatic heterocycles. The minimum absolute atomic E-state index is 0.0235. The van der Waals surface area contributed by atoms with Gasteiger partial charge < -0.3 is 29.4 Å². The lowest BCUT2D eigenvalue weighted by atomic mass is 9.95. The number of ether oxygens (including phenoxy) is 4. The van der Waals surface area contributed by atoms with Crippen LogP contribution < -0.4 is 5.32 Å². The van der Waals surface area contributed by atoms with Gasteiger partial charge in [-0.15, -0.1) is 5.10 Å². The van der Waals surface area contributed by atoms with Crippen LogP contribution >= 0.6 is 0 Å². The number of carbonyl (C=O) groups excluding carboxylic acids is 4. The summed E-state index contributed by atoms with van der Waals surface area (Å²) in [4.78, 5) is 46.9. The molecule has 0 saturated carbocycles. The Labute approximate surface area is 184 Å². The van der Waals surface area contributed by atoms with Crippen molar-refractivity contribution in [3.8, 4) is 0 Å². The van der Waals surface area contributed by atoms with Crippen molar-refractivity contribution in [2.24, 2.45) is 0 Å². The molecule has 0 aliphatic carbocycles. The SMILES string of the molecule is CC(=O)N[C@@H]1[C@@H](OC(C)=O)[C@H](OC(C)=O)[C@@H](COC(C)=O)O[C@H]1n1cc(CCCO)nn1. The fraction of sp³-hybridized carbons (Fsp3) is 0.684. The fourth-order valence-corrected chi connectivity index (χ4v) is 3.35. The van der Waals surface area contributed by atoms with Crippen LogP contribution in [0.3, 0.4) is 0 Å². The standard InChI is InChI=1S/C19H28N4O9/c1-10(25)20-16-18(31-13(4)28)17(30-12(3)27)15(9-29-11(2)26)32-19(16)23-8-14(21-22-23)6-5-7-24/h8,15-19,24H,5-7,9H2,1-4H3,(H,20,25)/t15-,16-,17-,18-,19-/m1/s1. The number of esters is 3. The molecule has 5 atom stereocenters. The zero-order valence-electron chi connectivity index (χ0n) is 18.3. The Kier molecular flexibility index (Phi) is 9.08. The maximum Gasteiger partial charge on any atom is 0.303 e. The number of aliphatic hydroxyl groups is 1. The molecule has 1 saturated heterocycles. The number of nitrogens with zero attached hydrogens (tertiary/aromatic N) is 3. The van der Waals surface area contributed by atoms with Gasteiger partial charge in [-0.1, -0.05) is 5.21 Å². The number of carbonyl (C=O) groups is 4. The first-order valence-corrected chi connectivity index (χ1v) is 10.0. The lowest BCUT2D eigenvalue weighted by Crippen LogP contribution is -2.64. The third kappa shape index (κ3) is 6.99. The largest absolute Gasteiger partial charge is 0.463 e. The second-order valence-corrected chi connectivity index (χ2v) is 7.26. The van der Waals surface area contributed by atoms with Crippen LogP contribution in [0.5, 0.6) is 0 Å². The number of aliphatic hydroxyl groups excluding tert-OH is 1. The number of rotatable bonds is 9. The maximum absolute atomic E-state index is 11.9. The quantitative estimate of drug-likeness (QED) is 0.346. The molecule has 1 aliphatic rings. The molecule has 13 nitrogen and oxygen atoms in total. The van der Waals surface area contributed by atoms with Crippen LogP contribution in [0, 0.1) is 0 Å². The zero-order chi connectivity index (χ0) is 23.8. The molecule has 2 heterocycles. The summed E-state index contributed by atoms with van der Waals surface area (Å²) in [5, 5.41) is 19.7. The molecule has 1 fully saturated rings. The van der Waals surface area contributed by atoms with Gasteiger partial charge in [-0.05, 0) is 12.8 Å². The van der Waals surface area contributed by atoms with Crippen molar-refractivity contribution in [2.75, 3.05) is 13.2 Å². The van der Waals surface area contributed by atoms with Gasteiger partial charge in [0.25, 0.3) is 0 Å². The predicted molar refractivity (Wildman–Crippen MR) is 105 cm³/mol. The fourth-order valence-electron chi connectivity index (χ4n) is 3.35. The van der Waals surface area contributed by atoms with Gasteiger partial charge in [0, 0.05) is 34.3 Å². The van der Waals surface area contributed by atoms with Crippen molar-refractivity contribution < 1.29 is 43.2 Å². The van der Waals surface area contributed by atoms with E-state index in [4.69, 9.17) is 24.1 Å². The number of amides is 1. The summed E-state index contributed by atoms with van der Waals surface area (Å²) in [6.45, 7) is 4.48. The van der Waals surface area contributed by atoms with Crippen molar-refractivity contribution in [2.45, 2.75) is 71.1 Å². The van der Waals surface area contributed by atoms with Crippen LogP contribution in [-0.4, -0.2) is 81.5 Å². The number of hydrogen-bond acceptors (Lipinski definition) is 11. The Morgan fingerprint density at radius 1 is 1.09 bits per heavy atom. The van der Waals surface area contributed by atoms with E-state index in [-0.39, 0.29) is 13.2 Å². The minimum atomic E-state index is -1.18. The van der Waals surface area contributed by atoms with Crippen LogP contribution in [0.15, 0.2) is 6.20 Å². The van der Waals surface area contributed by atoms with Gasteiger partial charge in [-0.2, -0.15) is 0 Å². The second kappa shape index (κ2) is 11.5. The number of aryl methyl sites for hydroxylation is 1. The molecule has 2 N–H and O–H groups in total. The monoisotopic (exact) mass is 456 g/mol. The molecular formula is C19H28N4O9. The molecule has 0 aromatic carbocycles. The summed E-state index contributed by atoms with van der Waals surface area (Å²) in [5.41, 5.74) is 0.562. The lowest BCUT2D eigenvalue weighted by molar-refractivity contribution is -0.239. The summed E-state index contributed by atoms with van der Waals surface area (Å²) in [5.74, 6) is -2.42. The smallest absolute Gasteiger partial charge is 0.303 e. The summed E-state index contributed by atoms with van der Waals surface area (Å²) in [6.07, 6.45) is -1.94. The molecule has 0 radical (unpaired) electrons. The summed E-state index contributed by atoms with van der Waals surface area (Å²) in [6, 6.07) is -1.01. The van der Waals surface area contributed by atoms with E-state index < -0.39 is 54.4 Å². The molecule has 1 aromatic rings. The van der Waals surface area contributed by atoms with E-state index >= 15 is 0 Å². The number of hydrogen-bond donors (Lipinski definition) is 2. The van der Waals surface area contributed by atoms with Crippen LogP contribution in [0.1, 0.15) is 46.0 Å². The Hall–Kier alpha value is -3.06. The highest BCUT2D eigenvalue weighted by atomic mass is 16.6. The zero-order valence-corrected chi connectivity index (χ0v) is 18.3. The number of nitrogens with one attached hydrogen (secondary N) is 1. The molecule has 0 unspecified atom stereocenters. The van der Waals surface area contributed by atoms with Crippen LogP contribution in [0.2, 0.25) is 0 Å². The van der Waals surface area contributed by atoms with Gasteiger partial charge in [0.2, 0.25) is 5.91 Å². The molecule has 0 bridgehead atoms. The van der Waals surface area contributed by atoms with Crippen molar-refractivity contribution in [3.05, 3.63) is 11.9 Å². The molecular weight excluding hydrogens is 428 g/mol. The van der Waals surface area contributed by atoms with Crippen LogP contribution in [0.4, 0.5) is 0 Å². The highest BCUT2D eigenvalue weighted by Crippen LogP contribution is 2.32. The van der Waals surface area contributed by atoms with Gasteiger partial charge >= 0.3 is 17.9 Å². The van der Waals surface area contributed by atoms with Crippen molar-refractivity contribution in [1.29, 1.82) is 0 Å². The highest BCUT2D eigenvalue weighted by molar-refractivity contribution is 5.73. The van der Waals surface area contributed by atoms with Gasteiger partial charge in [-0.3, -0.25) is 19.2 Å².